The molecule has 208 valence electrons. The number of anilines is 1. The van der Waals surface area contributed by atoms with E-state index in [2.05, 4.69) is 28.4 Å². The number of fused-ring (bicyclic) bond motifs is 2. The molecule has 2 N–H and O–H groups in total. The standard InChI is InChI=1S/C29H32FN7O3/c1-7-39-17(2)20-14-32-27(31)25-22(9-8-18-12-23-24(13-21(18)30)35(6)16-33-23)34-37(26(20)25)19-10-11-36(15-19)28(38)40-29(3,4)5/h12-14,16,19H,2,7,10-11,15H2,1,3-6H3,(H2,31,32)/t19-/m0/s1. The highest BCUT2D eigenvalue weighted by Gasteiger charge is 2.33. The zero-order valence-electron chi connectivity index (χ0n) is 23.3. The molecule has 10 nitrogen and oxygen atoms in total. The molecule has 1 aliphatic rings. The van der Waals surface area contributed by atoms with Gasteiger partial charge in [0.15, 0.2) is 0 Å². The molecule has 0 spiro atoms. The average Bonchev–Trinajstić information content (AvgIpc) is 3.60. The molecule has 11 heteroatoms. The molecule has 1 atom stereocenters. The number of nitrogen functional groups attached to an aromatic ring is 1. The van der Waals surface area contributed by atoms with Crippen LogP contribution in [-0.2, 0) is 16.5 Å². The summed E-state index contributed by atoms with van der Waals surface area (Å²) in [5.74, 6) is 6.09. The van der Waals surface area contributed by atoms with Gasteiger partial charge in [-0.15, -0.1) is 0 Å². The molecule has 0 bridgehead atoms. The van der Waals surface area contributed by atoms with Crippen molar-refractivity contribution in [1.29, 1.82) is 0 Å². The number of aromatic nitrogens is 5. The van der Waals surface area contributed by atoms with E-state index in [0.29, 0.717) is 65.1 Å². The summed E-state index contributed by atoms with van der Waals surface area (Å²) < 4.78 is 29.8. The van der Waals surface area contributed by atoms with E-state index in [-0.39, 0.29) is 23.5 Å². The minimum absolute atomic E-state index is 0.187. The topological polar surface area (TPSA) is 113 Å². The van der Waals surface area contributed by atoms with Crippen molar-refractivity contribution in [2.75, 3.05) is 25.4 Å². The minimum Gasteiger partial charge on any atom is -0.494 e. The first kappa shape index (κ1) is 27.0. The summed E-state index contributed by atoms with van der Waals surface area (Å²) in [5.41, 5.74) is 8.84. The molecular formula is C29H32FN7O3. The second kappa shape index (κ2) is 10.2. The van der Waals surface area contributed by atoms with Gasteiger partial charge in [0, 0.05) is 32.4 Å². The quantitative estimate of drug-likeness (QED) is 0.294. The summed E-state index contributed by atoms with van der Waals surface area (Å²) in [6.07, 6.45) is 3.47. The number of hydrogen-bond donors (Lipinski definition) is 1. The van der Waals surface area contributed by atoms with Gasteiger partial charge in [0.1, 0.15) is 28.7 Å². The maximum atomic E-state index is 14.9. The third-order valence-corrected chi connectivity index (χ3v) is 6.66. The van der Waals surface area contributed by atoms with Crippen molar-refractivity contribution in [2.45, 2.75) is 45.8 Å². The molecular weight excluding hydrogens is 513 g/mol. The molecule has 1 fully saturated rings. The van der Waals surface area contributed by atoms with Crippen LogP contribution in [0.2, 0.25) is 0 Å². The predicted octanol–water partition coefficient (Wildman–Crippen LogP) is 4.63. The van der Waals surface area contributed by atoms with Crippen LogP contribution in [-0.4, -0.2) is 60.6 Å². The maximum Gasteiger partial charge on any atom is 0.410 e. The average molecular weight is 546 g/mol. The molecule has 0 aliphatic carbocycles. The van der Waals surface area contributed by atoms with Crippen molar-refractivity contribution in [1.82, 2.24) is 29.2 Å². The lowest BCUT2D eigenvalue weighted by Gasteiger charge is -2.24. The van der Waals surface area contributed by atoms with Crippen LogP contribution >= 0.6 is 0 Å². The molecule has 1 amide bonds. The second-order valence-corrected chi connectivity index (χ2v) is 10.7. The van der Waals surface area contributed by atoms with Crippen molar-refractivity contribution in [3.63, 3.8) is 0 Å². The number of carbonyl (C=O) groups is 1. The van der Waals surface area contributed by atoms with Gasteiger partial charge in [-0.1, -0.05) is 12.5 Å². The van der Waals surface area contributed by atoms with Crippen LogP contribution in [0.4, 0.5) is 15.0 Å². The van der Waals surface area contributed by atoms with Gasteiger partial charge >= 0.3 is 6.09 Å². The van der Waals surface area contributed by atoms with Crippen molar-refractivity contribution >= 4 is 39.6 Å². The fraction of sp³-hybridized carbons (Fsp3) is 0.379. The third-order valence-electron chi connectivity index (χ3n) is 6.66. The Hall–Kier alpha value is -4.59. The van der Waals surface area contributed by atoms with Crippen LogP contribution in [0, 0.1) is 17.7 Å². The number of nitrogens with two attached hydrogens (primary N) is 1. The van der Waals surface area contributed by atoms with Crippen LogP contribution in [0.25, 0.3) is 27.7 Å². The molecule has 1 aromatic carbocycles. The minimum atomic E-state index is -0.605. The Morgan fingerprint density at radius 2 is 2.05 bits per heavy atom. The Kier molecular flexibility index (Phi) is 6.87. The van der Waals surface area contributed by atoms with Gasteiger partial charge in [-0.3, -0.25) is 4.68 Å². The van der Waals surface area contributed by atoms with E-state index in [1.54, 1.807) is 39.8 Å². The molecule has 3 aromatic heterocycles. The van der Waals surface area contributed by atoms with Crippen LogP contribution in [0.15, 0.2) is 31.2 Å². The summed E-state index contributed by atoms with van der Waals surface area (Å²) in [4.78, 5) is 23.1. The van der Waals surface area contributed by atoms with E-state index >= 15 is 0 Å². The molecule has 4 aromatic rings. The normalized spacial score (nSPS) is 15.3. The lowest BCUT2D eigenvalue weighted by atomic mass is 10.1. The molecule has 40 heavy (non-hydrogen) atoms. The number of carbonyl (C=O) groups excluding carboxylic acids is 1. The van der Waals surface area contributed by atoms with Gasteiger partial charge in [-0.05, 0) is 46.1 Å². The number of benzene rings is 1. The van der Waals surface area contributed by atoms with E-state index in [1.165, 1.54) is 6.07 Å². The van der Waals surface area contributed by atoms with Crippen LogP contribution in [0.3, 0.4) is 0 Å². The van der Waals surface area contributed by atoms with E-state index < -0.39 is 11.4 Å². The summed E-state index contributed by atoms with van der Waals surface area (Å²) >= 11 is 0. The number of pyridine rings is 1. The zero-order valence-corrected chi connectivity index (χ0v) is 23.3. The Bertz CT molecular complexity index is 1700. The summed E-state index contributed by atoms with van der Waals surface area (Å²) in [5, 5.41) is 5.34. The van der Waals surface area contributed by atoms with E-state index in [4.69, 9.17) is 20.3 Å². The van der Waals surface area contributed by atoms with Crippen LogP contribution in [0.1, 0.15) is 57.0 Å². The number of ether oxygens (including phenoxy) is 2. The first-order valence-corrected chi connectivity index (χ1v) is 13.1. The van der Waals surface area contributed by atoms with Crippen molar-refractivity contribution < 1.29 is 18.7 Å². The molecule has 0 saturated carbocycles. The molecule has 5 rings (SSSR count). The Morgan fingerprint density at radius 3 is 2.77 bits per heavy atom. The highest BCUT2D eigenvalue weighted by Crippen LogP contribution is 2.35. The molecule has 0 radical (unpaired) electrons. The van der Waals surface area contributed by atoms with Crippen LogP contribution in [0.5, 0.6) is 0 Å². The number of likely N-dealkylation sites (tertiary alicyclic amines) is 1. The van der Waals surface area contributed by atoms with E-state index in [0.717, 1.165) is 0 Å². The highest BCUT2D eigenvalue weighted by molar-refractivity contribution is 5.99. The number of aryl methyl sites for hydroxylation is 1. The third kappa shape index (κ3) is 5.04. The number of rotatable bonds is 4. The van der Waals surface area contributed by atoms with Crippen molar-refractivity contribution in [3.8, 4) is 11.8 Å². The number of amides is 1. The van der Waals surface area contributed by atoms with E-state index in [1.807, 2.05) is 27.7 Å². The largest absolute Gasteiger partial charge is 0.494 e. The van der Waals surface area contributed by atoms with Crippen molar-refractivity contribution in [3.05, 3.63) is 53.9 Å². The summed E-state index contributed by atoms with van der Waals surface area (Å²) in [7, 11) is 1.80. The van der Waals surface area contributed by atoms with Gasteiger partial charge in [-0.2, -0.15) is 5.10 Å². The zero-order chi connectivity index (χ0) is 28.8. The van der Waals surface area contributed by atoms with Gasteiger partial charge in [0.05, 0.1) is 52.0 Å². The monoisotopic (exact) mass is 545 g/mol. The number of hydrogen-bond acceptors (Lipinski definition) is 7. The molecule has 1 aliphatic heterocycles. The number of nitrogens with zero attached hydrogens (tertiary/aromatic N) is 6. The first-order valence-electron chi connectivity index (χ1n) is 13.1. The number of imidazole rings is 1. The molecule has 0 unspecified atom stereocenters. The van der Waals surface area contributed by atoms with Gasteiger partial charge in [0.25, 0.3) is 0 Å². The van der Waals surface area contributed by atoms with Gasteiger partial charge in [0.2, 0.25) is 0 Å². The fourth-order valence-electron chi connectivity index (χ4n) is 4.81. The molecule has 1 saturated heterocycles. The Balaban J connectivity index is 1.60. The van der Waals surface area contributed by atoms with E-state index in [9.17, 15) is 9.18 Å². The van der Waals surface area contributed by atoms with Crippen molar-refractivity contribution in [2.24, 2.45) is 7.05 Å². The maximum absolute atomic E-state index is 14.9. The van der Waals surface area contributed by atoms with Crippen LogP contribution < -0.4 is 5.73 Å². The fourth-order valence-corrected chi connectivity index (χ4v) is 4.81. The Labute approximate surface area is 231 Å². The van der Waals surface area contributed by atoms with Gasteiger partial charge < -0.3 is 24.7 Å². The smallest absolute Gasteiger partial charge is 0.410 e. The first-order chi connectivity index (χ1) is 19.0. The summed E-state index contributed by atoms with van der Waals surface area (Å²) in [6, 6.07) is 2.82. The lowest BCUT2D eigenvalue weighted by molar-refractivity contribution is 0.0288. The lowest BCUT2D eigenvalue weighted by Crippen LogP contribution is -2.35. The highest BCUT2D eigenvalue weighted by atomic mass is 19.1. The van der Waals surface area contributed by atoms with Gasteiger partial charge in [-0.25, -0.2) is 19.2 Å². The number of halogens is 1. The summed E-state index contributed by atoms with van der Waals surface area (Å²) in [6.45, 7) is 12.7. The molecule has 4 heterocycles. The SMILES string of the molecule is C=C(OCC)c1cnc(N)c2c(C#Cc3cc4ncn(C)c4cc3F)nn([C@H]3CCN(C(=O)OC(C)(C)C)C3)c12. The Morgan fingerprint density at radius 1 is 1.27 bits per heavy atom. The second-order valence-electron chi connectivity index (χ2n) is 10.7. The predicted molar refractivity (Wildman–Crippen MR) is 151 cm³/mol.